The van der Waals surface area contributed by atoms with Gasteiger partial charge in [-0.15, -0.1) is 0 Å². The first-order valence-corrected chi connectivity index (χ1v) is 11.5. The van der Waals surface area contributed by atoms with Crippen molar-refractivity contribution in [2.45, 2.75) is 13.8 Å². The van der Waals surface area contributed by atoms with Gasteiger partial charge < -0.3 is 8.85 Å². The minimum atomic E-state index is -1.53. The van der Waals surface area contributed by atoms with E-state index in [0.29, 0.717) is 13.2 Å². The number of hydrogen-bond donors (Lipinski definition) is 0. The van der Waals surface area contributed by atoms with Crippen LogP contribution >= 0.6 is 0 Å². The van der Waals surface area contributed by atoms with E-state index in [1.54, 1.807) is 0 Å². The Morgan fingerprint density at radius 2 is 1.21 bits per heavy atom. The van der Waals surface area contributed by atoms with Crippen LogP contribution in [-0.2, 0) is 8.85 Å². The number of rotatable bonds is 6. The SMILES string of the molecule is CCO[Si](OCC)c1ccccc1-c1ccc2ccc3cccc4ccc1c2c34. The Bertz CT molecular complexity index is 1270. The lowest BCUT2D eigenvalue weighted by Gasteiger charge is -2.19. The quantitative estimate of drug-likeness (QED) is 0.259. The molecule has 0 aromatic heterocycles. The van der Waals surface area contributed by atoms with E-state index in [0.717, 1.165) is 0 Å². The first kappa shape index (κ1) is 18.3. The molecule has 0 bridgehead atoms. The molecular formula is C26H23O2Si. The highest BCUT2D eigenvalue weighted by molar-refractivity contribution is 6.63. The molecule has 0 aliphatic heterocycles. The van der Waals surface area contributed by atoms with Crippen LogP contribution in [0.15, 0.2) is 78.9 Å². The minimum Gasteiger partial charge on any atom is -0.390 e. The van der Waals surface area contributed by atoms with E-state index in [1.807, 2.05) is 13.8 Å². The predicted molar refractivity (Wildman–Crippen MR) is 124 cm³/mol. The fourth-order valence-electron chi connectivity index (χ4n) is 4.33. The minimum absolute atomic E-state index is 0.654. The Hall–Kier alpha value is -2.72. The molecule has 0 fully saturated rings. The summed E-state index contributed by atoms with van der Waals surface area (Å²) < 4.78 is 12.1. The van der Waals surface area contributed by atoms with Gasteiger partial charge in [0, 0.05) is 18.4 Å². The number of hydrogen-bond acceptors (Lipinski definition) is 2. The first-order valence-electron chi connectivity index (χ1n) is 10.2. The van der Waals surface area contributed by atoms with E-state index in [-0.39, 0.29) is 0 Å². The standard InChI is InChI=1S/C26H23O2Si/c1-3-27-29(28-4-2)24-11-6-5-10-22(24)21-16-14-20-13-12-18-8-7-9-19-15-17-23(21)26(20)25(18)19/h5-17H,3-4H2,1-2H3. The lowest BCUT2D eigenvalue weighted by molar-refractivity contribution is 0.225. The third kappa shape index (κ3) is 3.03. The maximum atomic E-state index is 6.04. The summed E-state index contributed by atoms with van der Waals surface area (Å²) in [7, 11) is -1.53. The largest absolute Gasteiger partial charge is 0.424 e. The molecule has 143 valence electrons. The second kappa shape index (κ2) is 7.60. The molecule has 0 spiro atoms. The van der Waals surface area contributed by atoms with Gasteiger partial charge in [0.05, 0.1) is 0 Å². The Labute approximate surface area is 172 Å². The summed E-state index contributed by atoms with van der Waals surface area (Å²) in [5.41, 5.74) is 2.45. The molecule has 5 aromatic rings. The molecular weight excluding hydrogens is 372 g/mol. The van der Waals surface area contributed by atoms with E-state index in [4.69, 9.17) is 8.85 Å². The van der Waals surface area contributed by atoms with Crippen LogP contribution < -0.4 is 5.19 Å². The Kier molecular flexibility index (Phi) is 4.80. The van der Waals surface area contributed by atoms with E-state index in [9.17, 15) is 0 Å². The fraction of sp³-hybridized carbons (Fsp3) is 0.154. The molecule has 1 radical (unpaired) electrons. The zero-order valence-corrected chi connectivity index (χ0v) is 17.7. The lowest BCUT2D eigenvalue weighted by Crippen LogP contribution is -2.38. The smallest absolute Gasteiger partial charge is 0.390 e. The van der Waals surface area contributed by atoms with Crippen molar-refractivity contribution in [1.29, 1.82) is 0 Å². The highest BCUT2D eigenvalue weighted by atomic mass is 28.3. The fourth-order valence-corrected chi connectivity index (χ4v) is 5.91. The van der Waals surface area contributed by atoms with Gasteiger partial charge in [-0.05, 0) is 57.3 Å². The summed E-state index contributed by atoms with van der Waals surface area (Å²) in [6.07, 6.45) is 0. The Morgan fingerprint density at radius 1 is 0.586 bits per heavy atom. The third-order valence-electron chi connectivity index (χ3n) is 5.52. The van der Waals surface area contributed by atoms with Crippen LogP contribution in [0.4, 0.5) is 0 Å². The molecule has 0 saturated carbocycles. The van der Waals surface area contributed by atoms with Crippen molar-refractivity contribution in [2.75, 3.05) is 13.2 Å². The van der Waals surface area contributed by atoms with Crippen LogP contribution in [0.1, 0.15) is 13.8 Å². The van der Waals surface area contributed by atoms with Gasteiger partial charge in [-0.3, -0.25) is 0 Å². The van der Waals surface area contributed by atoms with Crippen LogP contribution in [0.2, 0.25) is 0 Å². The molecule has 0 heterocycles. The second-order valence-corrected chi connectivity index (χ2v) is 8.86. The Morgan fingerprint density at radius 3 is 1.93 bits per heavy atom. The van der Waals surface area contributed by atoms with Crippen molar-refractivity contribution in [1.82, 2.24) is 0 Å². The lowest BCUT2D eigenvalue weighted by atomic mass is 9.90. The van der Waals surface area contributed by atoms with Gasteiger partial charge in [0.15, 0.2) is 0 Å². The average molecular weight is 396 g/mol. The topological polar surface area (TPSA) is 18.5 Å². The second-order valence-electron chi connectivity index (χ2n) is 7.17. The van der Waals surface area contributed by atoms with Gasteiger partial charge in [-0.1, -0.05) is 78.9 Å². The molecule has 0 saturated heterocycles. The highest BCUT2D eigenvalue weighted by Crippen LogP contribution is 2.38. The zero-order chi connectivity index (χ0) is 19.8. The summed E-state index contributed by atoms with van der Waals surface area (Å²) in [5.74, 6) is 0. The maximum Gasteiger partial charge on any atom is 0.424 e. The summed E-state index contributed by atoms with van der Waals surface area (Å²) >= 11 is 0. The van der Waals surface area contributed by atoms with Gasteiger partial charge in [0.25, 0.3) is 0 Å². The summed E-state index contributed by atoms with van der Waals surface area (Å²) in [6, 6.07) is 28.5. The average Bonchev–Trinajstić information content (AvgIpc) is 2.77. The van der Waals surface area contributed by atoms with Gasteiger partial charge in [0.2, 0.25) is 0 Å². The van der Waals surface area contributed by atoms with Gasteiger partial charge in [0.1, 0.15) is 0 Å². The van der Waals surface area contributed by atoms with Crippen molar-refractivity contribution < 1.29 is 8.85 Å². The Balaban J connectivity index is 1.80. The van der Waals surface area contributed by atoms with E-state index in [2.05, 4.69) is 78.9 Å². The summed E-state index contributed by atoms with van der Waals surface area (Å²) in [5, 5.41) is 9.02. The van der Waals surface area contributed by atoms with Crippen molar-refractivity contribution in [3.8, 4) is 11.1 Å². The first-order chi connectivity index (χ1) is 14.3. The van der Waals surface area contributed by atoms with Gasteiger partial charge in [-0.2, -0.15) is 0 Å². The molecule has 5 rings (SSSR count). The third-order valence-corrected chi connectivity index (χ3v) is 7.49. The van der Waals surface area contributed by atoms with Crippen LogP contribution in [0.3, 0.4) is 0 Å². The normalized spacial score (nSPS) is 12.0. The van der Waals surface area contributed by atoms with Crippen molar-refractivity contribution in [3.63, 3.8) is 0 Å². The van der Waals surface area contributed by atoms with Gasteiger partial charge >= 0.3 is 9.28 Å². The van der Waals surface area contributed by atoms with E-state index < -0.39 is 9.28 Å². The van der Waals surface area contributed by atoms with Crippen LogP contribution in [-0.4, -0.2) is 22.5 Å². The van der Waals surface area contributed by atoms with Crippen LogP contribution in [0.25, 0.3) is 43.4 Å². The molecule has 0 unspecified atom stereocenters. The van der Waals surface area contributed by atoms with Crippen molar-refractivity contribution in [2.24, 2.45) is 0 Å². The molecule has 0 aliphatic rings. The summed E-state index contributed by atoms with van der Waals surface area (Å²) in [4.78, 5) is 0. The van der Waals surface area contributed by atoms with Gasteiger partial charge in [-0.25, -0.2) is 0 Å². The van der Waals surface area contributed by atoms with Crippen molar-refractivity contribution >= 4 is 46.8 Å². The number of benzene rings is 5. The molecule has 5 aromatic carbocycles. The monoisotopic (exact) mass is 395 g/mol. The van der Waals surface area contributed by atoms with Crippen LogP contribution in [0, 0.1) is 0 Å². The van der Waals surface area contributed by atoms with Crippen molar-refractivity contribution in [3.05, 3.63) is 78.9 Å². The van der Waals surface area contributed by atoms with E-state index in [1.165, 1.54) is 48.6 Å². The molecule has 29 heavy (non-hydrogen) atoms. The van der Waals surface area contributed by atoms with E-state index >= 15 is 0 Å². The highest BCUT2D eigenvalue weighted by Gasteiger charge is 2.23. The van der Waals surface area contributed by atoms with Crippen LogP contribution in [0.5, 0.6) is 0 Å². The molecule has 0 amide bonds. The summed E-state index contributed by atoms with van der Waals surface area (Å²) in [6.45, 7) is 5.37. The molecule has 0 N–H and O–H groups in total. The maximum absolute atomic E-state index is 6.04. The molecule has 0 aliphatic carbocycles. The molecule has 3 heteroatoms. The molecule has 2 nitrogen and oxygen atoms in total. The molecule has 0 atom stereocenters. The zero-order valence-electron chi connectivity index (χ0n) is 16.7. The predicted octanol–water partition coefficient (Wildman–Crippen LogP) is 6.02.